The first kappa shape index (κ1) is 25.2. The molecule has 0 amide bonds. The standard InChI is InChI=1S/C21H46N8O2/c1-21(2)30-19(28-15-11-24-7-3-22-4-8-25-12-16-28)20(31-21)29-17-13-26-9-5-23-6-10-27-14-18-29/h19-20,22-27H,3-18H2,1-2H3/t19-,20-/m1/s1. The van der Waals surface area contributed by atoms with Gasteiger partial charge in [0.05, 0.1) is 0 Å². The number of hydrogen-bond donors (Lipinski definition) is 6. The van der Waals surface area contributed by atoms with E-state index in [1.165, 1.54) is 0 Å². The Kier molecular flexibility index (Phi) is 11.4. The highest BCUT2D eigenvalue weighted by Crippen LogP contribution is 2.31. The van der Waals surface area contributed by atoms with Gasteiger partial charge in [-0.15, -0.1) is 0 Å². The maximum Gasteiger partial charge on any atom is 0.167 e. The van der Waals surface area contributed by atoms with Crippen LogP contribution in [0.2, 0.25) is 0 Å². The van der Waals surface area contributed by atoms with E-state index in [2.05, 4.69) is 41.7 Å². The van der Waals surface area contributed by atoms with Gasteiger partial charge in [-0.2, -0.15) is 0 Å². The molecule has 0 aromatic carbocycles. The highest BCUT2D eigenvalue weighted by Gasteiger charge is 2.46. The maximum atomic E-state index is 6.49. The first-order chi connectivity index (χ1) is 15.2. The summed E-state index contributed by atoms with van der Waals surface area (Å²) in [5, 5.41) is 21.1. The molecule has 6 N–H and O–H groups in total. The summed E-state index contributed by atoms with van der Waals surface area (Å²) in [4.78, 5) is 4.91. The quantitative estimate of drug-likeness (QED) is 0.278. The molecule has 3 saturated heterocycles. The summed E-state index contributed by atoms with van der Waals surface area (Å²) in [6.45, 7) is 19.6. The van der Waals surface area contributed by atoms with E-state index in [1.807, 2.05) is 13.8 Å². The Bertz CT molecular complexity index is 420. The second kappa shape index (κ2) is 14.0. The molecule has 0 aromatic rings. The topological polar surface area (TPSA) is 97.1 Å². The molecule has 2 atom stereocenters. The van der Waals surface area contributed by atoms with Crippen LogP contribution in [0.25, 0.3) is 0 Å². The van der Waals surface area contributed by atoms with E-state index in [0.717, 1.165) is 105 Å². The zero-order valence-electron chi connectivity index (χ0n) is 19.7. The van der Waals surface area contributed by atoms with E-state index in [-0.39, 0.29) is 12.5 Å². The third-order valence-corrected chi connectivity index (χ3v) is 5.99. The summed E-state index contributed by atoms with van der Waals surface area (Å²) >= 11 is 0. The normalized spacial score (nSPS) is 32.3. The van der Waals surface area contributed by atoms with Crippen molar-refractivity contribution in [2.24, 2.45) is 0 Å². The van der Waals surface area contributed by atoms with Gasteiger partial charge >= 0.3 is 0 Å². The second-order valence-corrected chi connectivity index (χ2v) is 8.99. The molecule has 0 aliphatic carbocycles. The van der Waals surface area contributed by atoms with Crippen LogP contribution >= 0.6 is 0 Å². The van der Waals surface area contributed by atoms with Crippen molar-refractivity contribution in [2.75, 3.05) is 105 Å². The Morgan fingerprint density at radius 3 is 1.03 bits per heavy atom. The van der Waals surface area contributed by atoms with Crippen LogP contribution in [0, 0.1) is 0 Å². The smallest absolute Gasteiger partial charge is 0.167 e. The Morgan fingerprint density at radius 2 is 0.742 bits per heavy atom. The van der Waals surface area contributed by atoms with Gasteiger partial charge in [0.25, 0.3) is 0 Å². The van der Waals surface area contributed by atoms with Crippen molar-refractivity contribution < 1.29 is 9.47 Å². The fourth-order valence-corrected chi connectivity index (χ4v) is 4.32. The van der Waals surface area contributed by atoms with Crippen molar-refractivity contribution in [1.29, 1.82) is 0 Å². The molecule has 3 aliphatic heterocycles. The molecule has 3 aliphatic rings. The largest absolute Gasteiger partial charge is 0.328 e. The van der Waals surface area contributed by atoms with Crippen molar-refractivity contribution in [3.05, 3.63) is 0 Å². The monoisotopic (exact) mass is 442 g/mol. The summed E-state index contributed by atoms with van der Waals surface area (Å²) in [7, 11) is 0. The molecule has 0 bridgehead atoms. The van der Waals surface area contributed by atoms with Crippen LogP contribution in [0.5, 0.6) is 0 Å². The van der Waals surface area contributed by atoms with E-state index >= 15 is 0 Å². The molecule has 31 heavy (non-hydrogen) atoms. The number of nitrogens with one attached hydrogen (secondary N) is 6. The molecule has 0 saturated carbocycles. The van der Waals surface area contributed by atoms with Gasteiger partial charge in [0.15, 0.2) is 18.2 Å². The number of nitrogens with zero attached hydrogens (tertiary/aromatic N) is 2. The molecule has 0 aromatic heterocycles. The first-order valence-corrected chi connectivity index (χ1v) is 12.2. The SMILES string of the molecule is CC1(C)O[C@@H](N2CCNCCNCCNCC2)[C@H](N2CCNCCNCCNCC2)O1. The molecule has 0 radical (unpaired) electrons. The van der Waals surface area contributed by atoms with Crippen LogP contribution in [-0.2, 0) is 9.47 Å². The number of hydrogen-bond acceptors (Lipinski definition) is 10. The third kappa shape index (κ3) is 9.17. The van der Waals surface area contributed by atoms with Gasteiger partial charge < -0.3 is 41.4 Å². The lowest BCUT2D eigenvalue weighted by Crippen LogP contribution is -2.55. The predicted molar refractivity (Wildman–Crippen MR) is 124 cm³/mol. The zero-order chi connectivity index (χ0) is 21.8. The minimum atomic E-state index is -0.585. The predicted octanol–water partition coefficient (Wildman–Crippen LogP) is -2.41. The summed E-state index contributed by atoms with van der Waals surface area (Å²) in [5.41, 5.74) is 0. The van der Waals surface area contributed by atoms with E-state index in [9.17, 15) is 0 Å². The molecule has 3 rings (SSSR count). The Morgan fingerprint density at radius 1 is 0.484 bits per heavy atom. The molecular weight excluding hydrogens is 396 g/mol. The minimum absolute atomic E-state index is 0.0748. The summed E-state index contributed by atoms with van der Waals surface area (Å²) in [5.74, 6) is -0.585. The molecular formula is C21H46N8O2. The Balaban J connectivity index is 1.65. The first-order valence-electron chi connectivity index (χ1n) is 12.2. The highest BCUT2D eigenvalue weighted by atomic mass is 16.8. The number of ether oxygens (including phenoxy) is 2. The van der Waals surface area contributed by atoms with Crippen LogP contribution in [-0.4, -0.2) is 133 Å². The van der Waals surface area contributed by atoms with Gasteiger partial charge in [-0.1, -0.05) is 0 Å². The van der Waals surface area contributed by atoms with Crippen molar-refractivity contribution in [1.82, 2.24) is 41.7 Å². The van der Waals surface area contributed by atoms with Crippen molar-refractivity contribution in [3.8, 4) is 0 Å². The lowest BCUT2D eigenvalue weighted by Gasteiger charge is -2.36. The summed E-state index contributed by atoms with van der Waals surface area (Å²) in [6, 6.07) is 0. The summed E-state index contributed by atoms with van der Waals surface area (Å²) < 4.78 is 13.0. The van der Waals surface area contributed by atoms with Gasteiger partial charge in [-0.05, 0) is 13.8 Å². The van der Waals surface area contributed by atoms with Gasteiger partial charge in [0, 0.05) is 105 Å². The van der Waals surface area contributed by atoms with Crippen LogP contribution < -0.4 is 31.9 Å². The lowest BCUT2D eigenvalue weighted by atomic mass is 10.3. The van der Waals surface area contributed by atoms with E-state index in [0.29, 0.717) is 0 Å². The number of rotatable bonds is 2. The molecule has 10 nitrogen and oxygen atoms in total. The highest BCUT2D eigenvalue weighted by molar-refractivity contribution is 4.85. The Labute approximate surface area is 188 Å². The minimum Gasteiger partial charge on any atom is -0.328 e. The van der Waals surface area contributed by atoms with E-state index in [4.69, 9.17) is 9.47 Å². The average molecular weight is 443 g/mol. The third-order valence-electron chi connectivity index (χ3n) is 5.99. The van der Waals surface area contributed by atoms with Crippen molar-refractivity contribution in [2.45, 2.75) is 32.1 Å². The van der Waals surface area contributed by atoms with Gasteiger partial charge in [-0.25, -0.2) is 0 Å². The van der Waals surface area contributed by atoms with Crippen LogP contribution in [0.3, 0.4) is 0 Å². The maximum absolute atomic E-state index is 6.49. The zero-order valence-corrected chi connectivity index (χ0v) is 19.7. The van der Waals surface area contributed by atoms with Crippen LogP contribution in [0.4, 0.5) is 0 Å². The molecule has 182 valence electrons. The van der Waals surface area contributed by atoms with Gasteiger partial charge in [0.1, 0.15) is 0 Å². The van der Waals surface area contributed by atoms with Crippen LogP contribution in [0.1, 0.15) is 13.8 Å². The molecule has 10 heteroatoms. The van der Waals surface area contributed by atoms with Crippen molar-refractivity contribution in [3.63, 3.8) is 0 Å². The molecule has 0 spiro atoms. The molecule has 3 heterocycles. The van der Waals surface area contributed by atoms with Gasteiger partial charge in [0.2, 0.25) is 0 Å². The molecule has 0 unspecified atom stereocenters. The fraction of sp³-hybridized carbons (Fsp3) is 1.00. The van der Waals surface area contributed by atoms with E-state index < -0.39 is 5.79 Å². The Hall–Kier alpha value is -0.400. The van der Waals surface area contributed by atoms with E-state index in [1.54, 1.807) is 0 Å². The second-order valence-electron chi connectivity index (χ2n) is 8.99. The molecule has 3 fully saturated rings. The van der Waals surface area contributed by atoms with Crippen molar-refractivity contribution >= 4 is 0 Å². The average Bonchev–Trinajstić information content (AvgIpc) is 3.04. The fourth-order valence-electron chi connectivity index (χ4n) is 4.32. The summed E-state index contributed by atoms with van der Waals surface area (Å²) in [6.07, 6.45) is -0.150. The lowest BCUT2D eigenvalue weighted by molar-refractivity contribution is -0.168. The van der Waals surface area contributed by atoms with Gasteiger partial charge in [-0.3, -0.25) is 9.80 Å². The van der Waals surface area contributed by atoms with Crippen LogP contribution in [0.15, 0.2) is 0 Å².